The molecule has 0 aliphatic heterocycles. The molecule has 0 radical (unpaired) electrons. The number of aryl methyl sites for hydroxylation is 1. The SMILES string of the molecule is COC(=O)c1sc(NN=c2cc(-c3ccc(C(C)(C)C)cc3)oc3ccccc23)nc1C. The topological polar surface area (TPSA) is 76.7 Å². The number of benzene rings is 2. The molecule has 4 aromatic rings. The van der Waals surface area contributed by atoms with Crippen molar-refractivity contribution < 1.29 is 13.9 Å². The van der Waals surface area contributed by atoms with Gasteiger partial charge in [0, 0.05) is 17.0 Å². The molecule has 0 fully saturated rings. The first-order valence-corrected chi connectivity index (χ1v) is 11.1. The van der Waals surface area contributed by atoms with E-state index in [1.807, 2.05) is 30.3 Å². The fourth-order valence-corrected chi connectivity index (χ4v) is 4.15. The number of ether oxygens (including phenoxy) is 1. The number of nitrogens with zero attached hydrogens (tertiary/aromatic N) is 2. The van der Waals surface area contributed by atoms with Crippen LogP contribution in [0.15, 0.2) is 64.1 Å². The minimum atomic E-state index is -0.405. The smallest absolute Gasteiger partial charge is 0.350 e. The van der Waals surface area contributed by atoms with Gasteiger partial charge in [-0.1, -0.05) is 68.5 Å². The van der Waals surface area contributed by atoms with Crippen molar-refractivity contribution >= 4 is 33.4 Å². The predicted octanol–water partition coefficient (Wildman–Crippen LogP) is 5.88. The standard InChI is InChI=1S/C25H25N3O3S/c1-15-22(23(29)30-5)32-24(26-15)28-27-19-14-21(31-20-9-7-6-8-18(19)20)16-10-12-17(13-11-16)25(2,3)4/h6-14H,1-5H3,(H,26,28). The molecule has 0 saturated carbocycles. The van der Waals surface area contributed by atoms with Crippen LogP contribution in [0.3, 0.4) is 0 Å². The van der Waals surface area contributed by atoms with E-state index in [1.54, 1.807) is 6.92 Å². The molecule has 0 atom stereocenters. The van der Waals surface area contributed by atoms with Crippen LogP contribution < -0.4 is 10.8 Å². The van der Waals surface area contributed by atoms with Crippen LogP contribution in [-0.2, 0) is 10.2 Å². The van der Waals surface area contributed by atoms with Crippen molar-refractivity contribution in [1.82, 2.24) is 4.98 Å². The zero-order valence-electron chi connectivity index (χ0n) is 18.7. The van der Waals surface area contributed by atoms with Gasteiger partial charge in [-0.3, -0.25) is 5.43 Å². The third kappa shape index (κ3) is 4.43. The van der Waals surface area contributed by atoms with E-state index in [0.29, 0.717) is 21.1 Å². The molecule has 7 heteroatoms. The van der Waals surface area contributed by atoms with E-state index in [2.05, 4.69) is 60.5 Å². The van der Waals surface area contributed by atoms with Gasteiger partial charge in [0.15, 0.2) is 0 Å². The van der Waals surface area contributed by atoms with E-state index in [0.717, 1.165) is 22.3 Å². The summed E-state index contributed by atoms with van der Waals surface area (Å²) in [5.41, 5.74) is 6.63. The lowest BCUT2D eigenvalue weighted by Gasteiger charge is -2.19. The third-order valence-corrected chi connectivity index (χ3v) is 6.17. The Bertz CT molecular complexity index is 1350. The molecule has 0 saturated heterocycles. The van der Waals surface area contributed by atoms with Gasteiger partial charge in [-0.25, -0.2) is 9.78 Å². The molecule has 2 aromatic heterocycles. The number of anilines is 1. The van der Waals surface area contributed by atoms with Gasteiger partial charge in [0.05, 0.1) is 18.2 Å². The summed E-state index contributed by atoms with van der Waals surface area (Å²) in [5.74, 6) is 0.313. The van der Waals surface area contributed by atoms with Gasteiger partial charge in [-0.05, 0) is 30.0 Å². The predicted molar refractivity (Wildman–Crippen MR) is 128 cm³/mol. The maximum Gasteiger partial charge on any atom is 0.350 e. The number of methoxy groups -OCH3 is 1. The van der Waals surface area contributed by atoms with Crippen molar-refractivity contribution in [2.75, 3.05) is 12.5 Å². The maximum absolute atomic E-state index is 11.9. The van der Waals surface area contributed by atoms with Gasteiger partial charge in [0.1, 0.15) is 16.2 Å². The quantitative estimate of drug-likeness (QED) is 0.312. The lowest BCUT2D eigenvalue weighted by molar-refractivity contribution is 0.0605. The first-order chi connectivity index (χ1) is 15.3. The summed E-state index contributed by atoms with van der Waals surface area (Å²) in [6.07, 6.45) is 0. The minimum Gasteiger partial charge on any atom is -0.465 e. The molecule has 0 aliphatic rings. The average Bonchev–Trinajstić information content (AvgIpc) is 3.16. The Kier molecular flexibility index (Phi) is 5.84. The second-order valence-electron chi connectivity index (χ2n) is 8.47. The number of nitrogens with one attached hydrogen (secondary N) is 1. The molecule has 2 heterocycles. The summed E-state index contributed by atoms with van der Waals surface area (Å²) < 4.78 is 11.0. The van der Waals surface area contributed by atoms with Gasteiger partial charge in [-0.15, -0.1) is 0 Å². The summed E-state index contributed by atoms with van der Waals surface area (Å²) in [7, 11) is 1.36. The fraction of sp³-hybridized carbons (Fsp3) is 0.240. The Morgan fingerprint density at radius 2 is 1.84 bits per heavy atom. The lowest BCUT2D eigenvalue weighted by Crippen LogP contribution is -2.10. The molecule has 0 aliphatic carbocycles. The Morgan fingerprint density at radius 1 is 1.12 bits per heavy atom. The summed E-state index contributed by atoms with van der Waals surface area (Å²) in [6, 6.07) is 18.0. The normalized spacial score (nSPS) is 12.2. The number of rotatable bonds is 4. The number of hydrogen-bond donors (Lipinski definition) is 1. The maximum atomic E-state index is 11.9. The highest BCUT2D eigenvalue weighted by Crippen LogP contribution is 2.27. The van der Waals surface area contributed by atoms with Crippen LogP contribution in [0.1, 0.15) is 41.7 Å². The monoisotopic (exact) mass is 447 g/mol. The van der Waals surface area contributed by atoms with E-state index < -0.39 is 5.97 Å². The molecule has 0 unspecified atom stereocenters. The molecule has 164 valence electrons. The van der Waals surface area contributed by atoms with Gasteiger partial charge in [0.25, 0.3) is 0 Å². The largest absolute Gasteiger partial charge is 0.465 e. The van der Waals surface area contributed by atoms with E-state index in [-0.39, 0.29) is 5.41 Å². The van der Waals surface area contributed by atoms with Gasteiger partial charge < -0.3 is 9.15 Å². The highest BCUT2D eigenvalue weighted by Gasteiger charge is 2.16. The molecule has 6 nitrogen and oxygen atoms in total. The van der Waals surface area contributed by atoms with Crippen LogP contribution in [0.5, 0.6) is 0 Å². The third-order valence-electron chi connectivity index (χ3n) is 5.13. The number of carbonyl (C=O) groups excluding carboxylic acids is 1. The highest BCUT2D eigenvalue weighted by molar-refractivity contribution is 7.17. The van der Waals surface area contributed by atoms with E-state index in [9.17, 15) is 4.79 Å². The fourth-order valence-electron chi connectivity index (χ4n) is 3.32. The second-order valence-corrected chi connectivity index (χ2v) is 9.47. The number of thiazole rings is 1. The van der Waals surface area contributed by atoms with Crippen molar-refractivity contribution in [2.24, 2.45) is 5.10 Å². The van der Waals surface area contributed by atoms with Crippen molar-refractivity contribution in [2.45, 2.75) is 33.1 Å². The number of hydrogen-bond acceptors (Lipinski definition) is 7. The molecule has 32 heavy (non-hydrogen) atoms. The molecule has 0 bridgehead atoms. The van der Waals surface area contributed by atoms with Crippen LogP contribution in [-0.4, -0.2) is 18.1 Å². The van der Waals surface area contributed by atoms with Crippen LogP contribution in [0, 0.1) is 6.92 Å². The van der Waals surface area contributed by atoms with E-state index in [1.165, 1.54) is 24.0 Å². The van der Waals surface area contributed by atoms with Crippen LogP contribution in [0.2, 0.25) is 0 Å². The van der Waals surface area contributed by atoms with Crippen LogP contribution in [0.25, 0.3) is 22.3 Å². The van der Waals surface area contributed by atoms with Gasteiger partial charge >= 0.3 is 5.97 Å². The molecule has 0 amide bonds. The van der Waals surface area contributed by atoms with Crippen molar-refractivity contribution in [3.63, 3.8) is 0 Å². The first-order valence-electron chi connectivity index (χ1n) is 10.3. The number of esters is 1. The Balaban J connectivity index is 1.75. The lowest BCUT2D eigenvalue weighted by atomic mass is 9.86. The van der Waals surface area contributed by atoms with Crippen LogP contribution >= 0.6 is 11.3 Å². The summed E-state index contributed by atoms with van der Waals surface area (Å²) in [6.45, 7) is 8.34. The molecule has 4 rings (SSSR count). The highest BCUT2D eigenvalue weighted by atomic mass is 32.1. The number of para-hydroxylation sites is 1. The Labute approximate surface area is 190 Å². The summed E-state index contributed by atoms with van der Waals surface area (Å²) >= 11 is 1.21. The number of carbonyl (C=O) groups is 1. The first kappa shape index (κ1) is 21.8. The average molecular weight is 448 g/mol. The van der Waals surface area contributed by atoms with Crippen LogP contribution in [0.4, 0.5) is 5.13 Å². The molecule has 0 spiro atoms. The zero-order valence-corrected chi connectivity index (χ0v) is 19.5. The molecular formula is C25H25N3O3S. The summed E-state index contributed by atoms with van der Waals surface area (Å²) in [5, 5.41) is 6.68. The second kappa shape index (κ2) is 8.59. The van der Waals surface area contributed by atoms with E-state index >= 15 is 0 Å². The Morgan fingerprint density at radius 3 is 2.53 bits per heavy atom. The number of aromatic nitrogens is 1. The Hall–Kier alpha value is -3.45. The van der Waals surface area contributed by atoms with Gasteiger partial charge in [0.2, 0.25) is 5.13 Å². The van der Waals surface area contributed by atoms with Crippen molar-refractivity contribution in [3.05, 3.63) is 76.1 Å². The molecule has 2 aromatic carbocycles. The molecular weight excluding hydrogens is 422 g/mol. The van der Waals surface area contributed by atoms with Crippen molar-refractivity contribution in [3.8, 4) is 11.3 Å². The minimum absolute atomic E-state index is 0.0817. The van der Waals surface area contributed by atoms with Crippen molar-refractivity contribution in [1.29, 1.82) is 0 Å². The van der Waals surface area contributed by atoms with E-state index in [4.69, 9.17) is 9.15 Å². The molecule has 1 N–H and O–H groups in total. The summed E-state index contributed by atoms with van der Waals surface area (Å²) in [4.78, 5) is 16.7. The zero-order chi connectivity index (χ0) is 22.9. The van der Waals surface area contributed by atoms with Gasteiger partial charge in [-0.2, -0.15) is 5.10 Å². The number of fused-ring (bicyclic) bond motifs is 1.